The molecule has 206 valence electrons. The summed E-state index contributed by atoms with van der Waals surface area (Å²) in [7, 11) is 0. The summed E-state index contributed by atoms with van der Waals surface area (Å²) in [4.78, 5) is 29.5. The van der Waals surface area contributed by atoms with Crippen molar-refractivity contribution in [1.29, 1.82) is 0 Å². The fourth-order valence-corrected chi connectivity index (χ4v) is 5.20. The Morgan fingerprint density at radius 1 is 1.07 bits per heavy atom. The average molecular weight is 550 g/mol. The van der Waals surface area contributed by atoms with Crippen LogP contribution < -0.4 is 5.32 Å². The van der Waals surface area contributed by atoms with Gasteiger partial charge in [-0.15, -0.1) is 0 Å². The number of imidazole rings is 1. The number of hydrogen-bond donors (Lipinski definition) is 2. The maximum atomic E-state index is 13.5. The Morgan fingerprint density at radius 2 is 1.90 bits per heavy atom. The molecule has 2 aromatic heterocycles. The monoisotopic (exact) mass is 549 g/mol. The first kappa shape index (κ1) is 26.5. The summed E-state index contributed by atoms with van der Waals surface area (Å²) in [5, 5.41) is 3.34. The molecule has 0 saturated heterocycles. The van der Waals surface area contributed by atoms with Gasteiger partial charge in [-0.1, -0.05) is 47.6 Å². The van der Waals surface area contributed by atoms with Crippen molar-refractivity contribution in [1.82, 2.24) is 19.9 Å². The summed E-state index contributed by atoms with van der Waals surface area (Å²) in [5.41, 5.74) is 8.27. The third kappa shape index (κ3) is 6.22. The smallest absolute Gasteiger partial charge is 0.251 e. The molecule has 8 heteroatoms. The molecule has 6 nitrogen and oxygen atoms in total. The zero-order valence-electron chi connectivity index (χ0n) is 22.6. The molecule has 0 atom stereocenters. The number of aromatic amines is 1. The largest absolute Gasteiger partial charge is 0.345 e. The molecule has 0 fully saturated rings. The molecule has 2 aliphatic carbocycles. The number of anilines is 2. The number of ketones is 1. The van der Waals surface area contributed by atoms with Crippen LogP contribution in [0.2, 0.25) is 0 Å². The molecule has 41 heavy (non-hydrogen) atoms. The van der Waals surface area contributed by atoms with Gasteiger partial charge >= 0.3 is 0 Å². The predicted octanol–water partition coefficient (Wildman–Crippen LogP) is 7.87. The summed E-state index contributed by atoms with van der Waals surface area (Å²) in [6, 6.07) is 15.8. The fraction of sp³-hybridized carbons (Fsp3) is 0.212. The molecule has 0 spiro atoms. The normalized spacial score (nSPS) is 16.1. The van der Waals surface area contributed by atoms with E-state index in [9.17, 15) is 13.6 Å². The first-order valence-corrected chi connectivity index (χ1v) is 13.6. The molecular formula is C33H29F2N5O. The zero-order chi connectivity index (χ0) is 28.4. The van der Waals surface area contributed by atoms with E-state index in [-0.39, 0.29) is 31.5 Å². The number of Topliss-reactive ketones (excluding diaryl/α,β-unsaturated/α-hetero) is 1. The molecule has 6 rings (SSSR count). The molecule has 0 saturated carbocycles. The molecular weight excluding hydrogens is 520 g/mol. The maximum Gasteiger partial charge on any atom is 0.251 e. The van der Waals surface area contributed by atoms with Crippen LogP contribution in [-0.2, 0) is 11.2 Å². The van der Waals surface area contributed by atoms with E-state index in [1.807, 2.05) is 61.5 Å². The summed E-state index contributed by atoms with van der Waals surface area (Å²) in [6.07, 6.45) is 11.2. The lowest BCUT2D eigenvalue weighted by Crippen LogP contribution is -2.19. The SMILES string of the molecule is CC1=CC(C(=O)CC2=CCC(F)(F)CC2)=Cc2ccc(-c3nccc(Nc4ccc(-c5cnc[nH]5)cc4)n3)cc2C1. The van der Waals surface area contributed by atoms with Gasteiger partial charge in [0.1, 0.15) is 5.82 Å². The minimum absolute atomic E-state index is 0.0440. The van der Waals surface area contributed by atoms with E-state index in [2.05, 4.69) is 26.3 Å². The van der Waals surface area contributed by atoms with Gasteiger partial charge in [0.2, 0.25) is 0 Å². The van der Waals surface area contributed by atoms with E-state index < -0.39 is 5.92 Å². The van der Waals surface area contributed by atoms with Crippen molar-refractivity contribution in [2.24, 2.45) is 0 Å². The van der Waals surface area contributed by atoms with Crippen LogP contribution in [0.5, 0.6) is 0 Å². The Bertz CT molecular complexity index is 1690. The van der Waals surface area contributed by atoms with Crippen molar-refractivity contribution in [2.75, 3.05) is 5.32 Å². The summed E-state index contributed by atoms with van der Waals surface area (Å²) >= 11 is 0. The lowest BCUT2D eigenvalue weighted by atomic mass is 9.91. The first-order chi connectivity index (χ1) is 19.8. The van der Waals surface area contributed by atoms with Crippen molar-refractivity contribution in [3.63, 3.8) is 0 Å². The van der Waals surface area contributed by atoms with Gasteiger partial charge in [0.05, 0.1) is 18.2 Å². The highest BCUT2D eigenvalue weighted by atomic mass is 19.3. The van der Waals surface area contributed by atoms with Gasteiger partial charge < -0.3 is 10.3 Å². The minimum Gasteiger partial charge on any atom is -0.345 e. The van der Waals surface area contributed by atoms with Crippen LogP contribution in [0.4, 0.5) is 20.3 Å². The number of carbonyl (C=O) groups excluding carboxylic acids is 1. The van der Waals surface area contributed by atoms with Crippen LogP contribution in [0, 0.1) is 0 Å². The number of carbonyl (C=O) groups is 1. The molecule has 4 aromatic rings. The molecule has 2 heterocycles. The molecule has 0 unspecified atom stereocenters. The standard InChI is InChI=1S/C33H29F2N5O/c1-21-14-26-18-25(3-2-24(26)17-27(15-21)30(41)16-22-8-11-33(34,35)12-9-22)32-37-13-10-31(40-32)39-28-6-4-23(5-7-28)29-19-36-20-38-29/h2-8,10,13,15,17-20H,9,11-12,14,16H2,1H3,(H,36,38)(H,37,39,40). The predicted molar refractivity (Wildman–Crippen MR) is 157 cm³/mol. The van der Waals surface area contributed by atoms with E-state index in [1.165, 1.54) is 6.08 Å². The van der Waals surface area contributed by atoms with Crippen molar-refractivity contribution >= 4 is 23.4 Å². The quantitative estimate of drug-likeness (QED) is 0.229. The topological polar surface area (TPSA) is 83.6 Å². The number of hydrogen-bond acceptors (Lipinski definition) is 5. The number of fused-ring (bicyclic) bond motifs is 1. The number of nitrogens with zero attached hydrogens (tertiary/aromatic N) is 3. The molecule has 2 aliphatic rings. The zero-order valence-corrected chi connectivity index (χ0v) is 22.6. The van der Waals surface area contributed by atoms with E-state index in [1.54, 1.807) is 18.7 Å². The maximum absolute atomic E-state index is 13.5. The average Bonchev–Trinajstić information content (AvgIpc) is 3.44. The lowest BCUT2D eigenvalue weighted by Gasteiger charge is -2.21. The Labute approximate surface area is 237 Å². The number of benzene rings is 2. The van der Waals surface area contributed by atoms with Crippen LogP contribution in [-0.4, -0.2) is 31.6 Å². The number of nitrogens with one attached hydrogen (secondary N) is 2. The van der Waals surface area contributed by atoms with Gasteiger partial charge in [0.15, 0.2) is 11.6 Å². The van der Waals surface area contributed by atoms with Crippen molar-refractivity contribution in [3.8, 4) is 22.6 Å². The highest BCUT2D eigenvalue weighted by molar-refractivity contribution is 6.04. The number of rotatable bonds is 7. The van der Waals surface area contributed by atoms with E-state index in [0.717, 1.165) is 44.8 Å². The van der Waals surface area contributed by atoms with Gasteiger partial charge in [0.25, 0.3) is 5.92 Å². The van der Waals surface area contributed by atoms with Crippen LogP contribution in [0.3, 0.4) is 0 Å². The number of halogens is 2. The van der Waals surface area contributed by atoms with Gasteiger partial charge in [-0.3, -0.25) is 4.79 Å². The fourth-order valence-electron chi connectivity index (χ4n) is 5.20. The summed E-state index contributed by atoms with van der Waals surface area (Å²) < 4.78 is 27.0. The second-order valence-electron chi connectivity index (χ2n) is 10.6. The Balaban J connectivity index is 1.19. The summed E-state index contributed by atoms with van der Waals surface area (Å²) in [5.74, 6) is -1.43. The number of alkyl halides is 2. The molecule has 2 N–H and O–H groups in total. The number of allylic oxidation sites excluding steroid dienone is 5. The number of H-pyrrole nitrogens is 1. The van der Waals surface area contributed by atoms with E-state index >= 15 is 0 Å². The number of aromatic nitrogens is 4. The van der Waals surface area contributed by atoms with Gasteiger partial charge in [-0.25, -0.2) is 23.7 Å². The first-order valence-electron chi connectivity index (χ1n) is 13.6. The third-order valence-electron chi connectivity index (χ3n) is 7.42. The molecule has 0 radical (unpaired) electrons. The molecule has 2 aromatic carbocycles. The molecule has 0 bridgehead atoms. The summed E-state index contributed by atoms with van der Waals surface area (Å²) in [6.45, 7) is 2.00. The van der Waals surface area contributed by atoms with Crippen LogP contribution in [0.1, 0.15) is 43.7 Å². The van der Waals surface area contributed by atoms with Crippen molar-refractivity contribution in [2.45, 2.75) is 45.0 Å². The Kier molecular flexibility index (Phi) is 7.14. The van der Waals surface area contributed by atoms with Crippen molar-refractivity contribution < 1.29 is 13.6 Å². The van der Waals surface area contributed by atoms with Crippen LogP contribution >= 0.6 is 0 Å². The van der Waals surface area contributed by atoms with Gasteiger partial charge in [-0.05, 0) is 66.8 Å². The lowest BCUT2D eigenvalue weighted by molar-refractivity contribution is -0.114. The molecule has 0 amide bonds. The Morgan fingerprint density at radius 3 is 2.66 bits per heavy atom. The third-order valence-corrected chi connectivity index (χ3v) is 7.42. The van der Waals surface area contributed by atoms with Gasteiger partial charge in [0, 0.05) is 42.3 Å². The van der Waals surface area contributed by atoms with E-state index in [0.29, 0.717) is 23.6 Å². The van der Waals surface area contributed by atoms with Crippen LogP contribution in [0.15, 0.2) is 96.1 Å². The molecule has 0 aliphatic heterocycles. The van der Waals surface area contributed by atoms with E-state index in [4.69, 9.17) is 4.98 Å². The second kappa shape index (κ2) is 11.0. The van der Waals surface area contributed by atoms with Crippen LogP contribution in [0.25, 0.3) is 28.7 Å². The highest BCUT2D eigenvalue weighted by Gasteiger charge is 2.31. The highest BCUT2D eigenvalue weighted by Crippen LogP contribution is 2.34. The second-order valence-corrected chi connectivity index (χ2v) is 10.6. The van der Waals surface area contributed by atoms with Gasteiger partial charge in [-0.2, -0.15) is 0 Å². The minimum atomic E-state index is -2.66. The Hall–Kier alpha value is -4.72. The van der Waals surface area contributed by atoms with Crippen molar-refractivity contribution in [3.05, 3.63) is 107 Å².